The van der Waals surface area contributed by atoms with E-state index in [1.165, 1.54) is 7.11 Å². The molecule has 9 heteroatoms. The number of anilines is 1. The van der Waals surface area contributed by atoms with Gasteiger partial charge in [-0.1, -0.05) is 30.6 Å². The van der Waals surface area contributed by atoms with Crippen LogP contribution in [0.5, 0.6) is 5.75 Å². The van der Waals surface area contributed by atoms with Crippen molar-refractivity contribution in [3.05, 3.63) is 23.8 Å². The molecule has 0 heterocycles. The number of nitrogens with zero attached hydrogens (tertiary/aromatic N) is 1. The summed E-state index contributed by atoms with van der Waals surface area (Å²) in [5, 5.41) is 5.52. The van der Waals surface area contributed by atoms with Gasteiger partial charge < -0.3 is 4.74 Å². The summed E-state index contributed by atoms with van der Waals surface area (Å²) in [6.45, 7) is 3.45. The maximum atomic E-state index is 12.7. The Labute approximate surface area is 130 Å². The van der Waals surface area contributed by atoms with Crippen molar-refractivity contribution >= 4 is 28.6 Å². The molecule has 0 atom stereocenters. The molecular weight excluding hydrogens is 325 g/mol. The predicted octanol–water partition coefficient (Wildman–Crippen LogP) is 4.47. The van der Waals surface area contributed by atoms with Gasteiger partial charge in [0.2, 0.25) is 0 Å². The molecule has 0 aliphatic heterocycles. The first kappa shape index (κ1) is 18.1. The number of halogens is 4. The highest BCUT2D eigenvalue weighted by molar-refractivity contribution is 6.65. The number of methoxy groups -OCH3 is 1. The zero-order chi connectivity index (χ0) is 16.9. The van der Waals surface area contributed by atoms with E-state index in [0.717, 1.165) is 18.2 Å². The van der Waals surface area contributed by atoms with Crippen molar-refractivity contribution in [1.29, 1.82) is 0 Å². The van der Waals surface area contributed by atoms with E-state index in [4.69, 9.17) is 16.3 Å². The van der Waals surface area contributed by atoms with Crippen LogP contribution >= 0.6 is 11.6 Å². The third kappa shape index (κ3) is 5.10. The van der Waals surface area contributed by atoms with Gasteiger partial charge in [-0.15, -0.1) is 0 Å². The molecule has 1 N–H and O–H groups in total. The summed E-state index contributed by atoms with van der Waals surface area (Å²) in [5.41, 5.74) is -1.13. The first-order valence-electron chi connectivity index (χ1n) is 6.11. The molecule has 0 saturated heterocycles. The zero-order valence-electron chi connectivity index (χ0n) is 12.0. The van der Waals surface area contributed by atoms with E-state index in [2.05, 4.69) is 15.3 Å². The number of hydrogen-bond acceptors (Lipinski definition) is 4. The van der Waals surface area contributed by atoms with Crippen LogP contribution < -0.4 is 10.1 Å². The maximum Gasteiger partial charge on any atom is 0.437 e. The highest BCUT2D eigenvalue weighted by atomic mass is 35.5. The lowest BCUT2D eigenvalue weighted by Crippen LogP contribution is -2.14. The number of alkyl halides is 3. The standard InChI is InChI=1S/C13H14ClF3N2O3/c1-7(2)11(14)19-22-12(20)18-9-6-8(13(15,16)17)4-5-10(9)21-3/h4-7H,1-3H3,(H,18,20)/b19-11-. The van der Waals surface area contributed by atoms with Gasteiger partial charge in [-0.05, 0) is 18.2 Å². The number of amides is 1. The van der Waals surface area contributed by atoms with Crippen molar-refractivity contribution in [2.24, 2.45) is 11.1 Å². The molecule has 5 nitrogen and oxygen atoms in total. The SMILES string of the molecule is COc1ccc(C(F)(F)F)cc1NC(=O)O/N=C(\Cl)C(C)C. The van der Waals surface area contributed by atoms with Crippen molar-refractivity contribution in [3.63, 3.8) is 0 Å². The number of hydrogen-bond donors (Lipinski definition) is 1. The van der Waals surface area contributed by atoms with E-state index in [9.17, 15) is 18.0 Å². The summed E-state index contributed by atoms with van der Waals surface area (Å²) in [4.78, 5) is 16.0. The third-order valence-electron chi connectivity index (χ3n) is 2.46. The minimum atomic E-state index is -4.55. The Morgan fingerprint density at radius 1 is 1.36 bits per heavy atom. The van der Waals surface area contributed by atoms with Crippen LogP contribution in [0.15, 0.2) is 23.4 Å². The lowest BCUT2D eigenvalue weighted by molar-refractivity contribution is -0.137. The van der Waals surface area contributed by atoms with E-state index in [1.54, 1.807) is 13.8 Å². The van der Waals surface area contributed by atoms with Crippen LogP contribution in [0.25, 0.3) is 0 Å². The Kier molecular flexibility index (Phi) is 6.04. The van der Waals surface area contributed by atoms with E-state index < -0.39 is 17.8 Å². The summed E-state index contributed by atoms with van der Waals surface area (Å²) < 4.78 is 42.9. The minimum absolute atomic E-state index is 0.0453. The third-order valence-corrected chi connectivity index (χ3v) is 2.96. The maximum absolute atomic E-state index is 12.7. The molecule has 1 amide bonds. The number of nitrogens with one attached hydrogen (secondary N) is 1. The van der Waals surface area contributed by atoms with Crippen LogP contribution in [0.2, 0.25) is 0 Å². The Hall–Kier alpha value is -1.96. The molecule has 0 aromatic heterocycles. The van der Waals surface area contributed by atoms with Crippen LogP contribution in [0.3, 0.4) is 0 Å². The largest absolute Gasteiger partial charge is 0.495 e. The van der Waals surface area contributed by atoms with Crippen molar-refractivity contribution in [1.82, 2.24) is 0 Å². The van der Waals surface area contributed by atoms with Gasteiger partial charge in [0.1, 0.15) is 10.9 Å². The summed E-state index contributed by atoms with van der Waals surface area (Å²) in [6, 6.07) is 2.65. The normalized spacial score (nSPS) is 12.3. The molecule has 0 radical (unpaired) electrons. The number of benzene rings is 1. The molecule has 0 unspecified atom stereocenters. The monoisotopic (exact) mass is 338 g/mol. The quantitative estimate of drug-likeness (QED) is 0.500. The molecule has 0 spiro atoms. The van der Waals surface area contributed by atoms with E-state index in [-0.39, 0.29) is 22.5 Å². The van der Waals surface area contributed by atoms with Crippen molar-refractivity contribution < 1.29 is 27.5 Å². The topological polar surface area (TPSA) is 59.9 Å². The molecule has 0 bridgehead atoms. The first-order valence-corrected chi connectivity index (χ1v) is 6.49. The molecule has 1 aromatic carbocycles. The number of ether oxygens (including phenoxy) is 1. The van der Waals surface area contributed by atoms with Crippen molar-refractivity contribution in [3.8, 4) is 5.75 Å². The van der Waals surface area contributed by atoms with Gasteiger partial charge in [-0.2, -0.15) is 13.2 Å². The minimum Gasteiger partial charge on any atom is -0.495 e. The molecule has 1 aromatic rings. The molecule has 1 rings (SSSR count). The van der Waals surface area contributed by atoms with Gasteiger partial charge in [0, 0.05) is 5.92 Å². The van der Waals surface area contributed by atoms with Crippen LogP contribution in [-0.2, 0) is 11.0 Å². The lowest BCUT2D eigenvalue weighted by Gasteiger charge is -2.12. The molecule has 122 valence electrons. The van der Waals surface area contributed by atoms with Crippen LogP contribution in [-0.4, -0.2) is 18.4 Å². The first-order chi connectivity index (χ1) is 10.1. The van der Waals surface area contributed by atoms with Gasteiger partial charge in [0.25, 0.3) is 0 Å². The lowest BCUT2D eigenvalue weighted by atomic mass is 10.2. The molecule has 0 aliphatic rings. The Balaban J connectivity index is 2.91. The van der Waals surface area contributed by atoms with E-state index in [0.29, 0.717) is 0 Å². The Morgan fingerprint density at radius 2 is 2.00 bits per heavy atom. The average Bonchev–Trinajstić information content (AvgIpc) is 2.43. The van der Waals surface area contributed by atoms with Gasteiger partial charge in [0.05, 0.1) is 18.4 Å². The zero-order valence-corrected chi connectivity index (χ0v) is 12.7. The van der Waals surface area contributed by atoms with Crippen molar-refractivity contribution in [2.75, 3.05) is 12.4 Å². The highest BCUT2D eigenvalue weighted by Gasteiger charge is 2.31. The van der Waals surface area contributed by atoms with Crippen LogP contribution in [0.4, 0.5) is 23.7 Å². The molecule has 0 aliphatic carbocycles. The second kappa shape index (κ2) is 7.35. The Morgan fingerprint density at radius 3 is 2.50 bits per heavy atom. The van der Waals surface area contributed by atoms with Gasteiger partial charge in [-0.25, -0.2) is 4.79 Å². The molecule has 22 heavy (non-hydrogen) atoms. The predicted molar refractivity (Wildman–Crippen MR) is 76.2 cm³/mol. The number of carbonyl (C=O) groups excluding carboxylic acids is 1. The van der Waals surface area contributed by atoms with Crippen LogP contribution in [0.1, 0.15) is 19.4 Å². The van der Waals surface area contributed by atoms with Gasteiger partial charge in [-0.3, -0.25) is 10.2 Å². The number of rotatable bonds is 4. The molecule has 0 saturated carbocycles. The van der Waals surface area contributed by atoms with Crippen LogP contribution in [0, 0.1) is 5.92 Å². The van der Waals surface area contributed by atoms with E-state index >= 15 is 0 Å². The Bertz CT molecular complexity index is 574. The summed E-state index contributed by atoms with van der Waals surface area (Å²) in [5.74, 6) is -0.110. The fourth-order valence-corrected chi connectivity index (χ4v) is 1.34. The molecular formula is C13H14ClF3N2O3. The summed E-state index contributed by atoms with van der Waals surface area (Å²) in [7, 11) is 1.26. The molecule has 0 fully saturated rings. The fourth-order valence-electron chi connectivity index (χ4n) is 1.31. The number of oxime groups is 1. The second-order valence-corrected chi connectivity index (χ2v) is 4.87. The highest BCUT2D eigenvalue weighted by Crippen LogP contribution is 2.34. The fraction of sp³-hybridized carbons (Fsp3) is 0.385. The average molecular weight is 339 g/mol. The van der Waals surface area contributed by atoms with E-state index in [1.807, 2.05) is 0 Å². The number of carbonyl (C=O) groups is 1. The van der Waals surface area contributed by atoms with Gasteiger partial charge in [0.15, 0.2) is 0 Å². The van der Waals surface area contributed by atoms with Crippen molar-refractivity contribution in [2.45, 2.75) is 20.0 Å². The second-order valence-electron chi connectivity index (χ2n) is 4.49. The summed E-state index contributed by atoms with van der Waals surface area (Å²) >= 11 is 5.68. The smallest absolute Gasteiger partial charge is 0.437 e. The van der Waals surface area contributed by atoms with Gasteiger partial charge >= 0.3 is 12.3 Å². The summed E-state index contributed by atoms with van der Waals surface area (Å²) in [6.07, 6.45) is -5.64.